The Labute approximate surface area is 104 Å². The first-order chi connectivity index (χ1) is 8.53. The van der Waals surface area contributed by atoms with E-state index in [1.165, 1.54) is 19.1 Å². The van der Waals surface area contributed by atoms with Crippen LogP contribution in [0, 0.1) is 34.0 Å². The summed E-state index contributed by atoms with van der Waals surface area (Å²) in [5.74, 6) is -0.623. The Morgan fingerprint density at radius 1 is 1.17 bits per heavy atom. The third-order valence-corrected chi connectivity index (χ3v) is 2.02. The first-order valence-electron chi connectivity index (χ1n) is 4.79. The number of carbonyl (C=O) groups is 1. The van der Waals surface area contributed by atoms with Crippen LogP contribution in [0.4, 0.5) is 0 Å². The molecule has 1 rings (SSSR count). The number of rotatable bonds is 2. The predicted octanol–water partition coefficient (Wildman–Crippen LogP) is 1.78. The summed E-state index contributed by atoms with van der Waals surface area (Å²) in [6, 6.07) is 7.79. The summed E-state index contributed by atoms with van der Waals surface area (Å²) in [5, 5.41) is 26.6. The molecule has 0 bridgehead atoms. The van der Waals surface area contributed by atoms with Crippen molar-refractivity contribution in [3.63, 3.8) is 0 Å². The van der Waals surface area contributed by atoms with Crippen LogP contribution in [0.3, 0.4) is 0 Å². The Balaban J connectivity index is 3.32. The molecule has 0 atom stereocenters. The van der Waals surface area contributed by atoms with Crippen molar-refractivity contribution in [2.75, 3.05) is 0 Å². The quantitative estimate of drug-likeness (QED) is 0.443. The lowest BCUT2D eigenvalue weighted by molar-refractivity contribution is -0.130. The minimum absolute atomic E-state index is 0.0129. The lowest BCUT2D eigenvalue weighted by Crippen LogP contribution is -2.08. The number of nitriles is 3. The van der Waals surface area contributed by atoms with Gasteiger partial charge in [0.15, 0.2) is 0 Å². The van der Waals surface area contributed by atoms with Gasteiger partial charge in [0.2, 0.25) is 0 Å². The Bertz CT molecular complexity index is 619. The van der Waals surface area contributed by atoms with Gasteiger partial charge in [0.1, 0.15) is 24.0 Å². The van der Waals surface area contributed by atoms with E-state index in [-0.39, 0.29) is 28.0 Å². The number of hydrogen-bond acceptors (Lipinski definition) is 5. The Morgan fingerprint density at radius 3 is 2.00 bits per heavy atom. The van der Waals surface area contributed by atoms with Gasteiger partial charge in [0, 0.05) is 17.7 Å². The molecule has 0 spiro atoms. The molecule has 0 unspecified atom stereocenters. The van der Waals surface area contributed by atoms with E-state index in [2.05, 4.69) is 6.58 Å². The molecule has 1 aromatic carbocycles. The van der Waals surface area contributed by atoms with Crippen molar-refractivity contribution in [3.8, 4) is 24.0 Å². The molecule has 5 nitrogen and oxygen atoms in total. The first kappa shape index (κ1) is 13.0. The topological polar surface area (TPSA) is 97.7 Å². The molecule has 0 saturated carbocycles. The molecule has 0 aliphatic carbocycles. The number of hydrogen-bond donors (Lipinski definition) is 0. The molecular formula is C13H7N3O2. The van der Waals surface area contributed by atoms with E-state index in [0.29, 0.717) is 0 Å². The summed E-state index contributed by atoms with van der Waals surface area (Å²) >= 11 is 0. The third-order valence-electron chi connectivity index (χ3n) is 2.02. The van der Waals surface area contributed by atoms with Gasteiger partial charge >= 0.3 is 5.97 Å². The summed E-state index contributed by atoms with van der Waals surface area (Å²) in [5.41, 5.74) is 0.133. The van der Waals surface area contributed by atoms with Gasteiger partial charge in [-0.05, 0) is 6.92 Å². The largest absolute Gasteiger partial charge is 0.423 e. The van der Waals surface area contributed by atoms with Crippen molar-refractivity contribution in [1.29, 1.82) is 15.8 Å². The zero-order valence-corrected chi connectivity index (χ0v) is 9.52. The van der Waals surface area contributed by atoms with Gasteiger partial charge in [-0.15, -0.1) is 0 Å². The minimum Gasteiger partial charge on any atom is -0.423 e. The Kier molecular flexibility index (Phi) is 3.81. The van der Waals surface area contributed by atoms with Crippen LogP contribution >= 0.6 is 0 Å². The molecule has 0 saturated heterocycles. The van der Waals surface area contributed by atoms with E-state index in [9.17, 15) is 4.79 Å². The van der Waals surface area contributed by atoms with Crippen LogP contribution in [0.1, 0.15) is 23.6 Å². The fourth-order valence-electron chi connectivity index (χ4n) is 1.17. The average molecular weight is 237 g/mol. The fraction of sp³-hybridized carbons (Fsp3) is 0.0769. The zero-order chi connectivity index (χ0) is 13.7. The van der Waals surface area contributed by atoms with Gasteiger partial charge in [-0.25, -0.2) is 4.79 Å². The van der Waals surface area contributed by atoms with E-state index >= 15 is 0 Å². The highest BCUT2D eigenvalue weighted by Crippen LogP contribution is 2.22. The summed E-state index contributed by atoms with van der Waals surface area (Å²) in [7, 11) is 0. The first-order valence-corrected chi connectivity index (χ1v) is 4.79. The lowest BCUT2D eigenvalue weighted by atomic mass is 10.0. The SMILES string of the molecule is C=C(C)C(=O)Oc1cc(C#N)c(C#N)c(C#N)c1. The van der Waals surface area contributed by atoms with Gasteiger partial charge in [0.05, 0.1) is 16.7 Å². The third kappa shape index (κ3) is 2.52. The van der Waals surface area contributed by atoms with Crippen LogP contribution in [0.25, 0.3) is 0 Å². The second-order valence-electron chi connectivity index (χ2n) is 3.40. The fourth-order valence-corrected chi connectivity index (χ4v) is 1.17. The Hall–Kier alpha value is -3.10. The van der Waals surface area contributed by atoms with Crippen LogP contribution < -0.4 is 4.74 Å². The van der Waals surface area contributed by atoms with E-state index in [1.807, 2.05) is 0 Å². The predicted molar refractivity (Wildman–Crippen MR) is 61.0 cm³/mol. The van der Waals surface area contributed by atoms with Crippen molar-refractivity contribution in [1.82, 2.24) is 0 Å². The van der Waals surface area contributed by atoms with Gasteiger partial charge in [-0.2, -0.15) is 15.8 Å². The zero-order valence-electron chi connectivity index (χ0n) is 9.52. The van der Waals surface area contributed by atoms with Crippen LogP contribution in [0.5, 0.6) is 5.75 Å². The number of carbonyl (C=O) groups excluding carboxylic acids is 1. The van der Waals surface area contributed by atoms with Crippen molar-refractivity contribution in [3.05, 3.63) is 41.0 Å². The molecule has 5 heteroatoms. The molecule has 0 amide bonds. The van der Waals surface area contributed by atoms with Crippen LogP contribution in [0.15, 0.2) is 24.3 Å². The molecule has 0 heterocycles. The summed E-state index contributed by atoms with van der Waals surface area (Å²) < 4.78 is 4.91. The molecule has 1 aromatic rings. The van der Waals surface area contributed by atoms with Crippen LogP contribution in [-0.2, 0) is 4.79 Å². The van der Waals surface area contributed by atoms with Crippen molar-refractivity contribution in [2.24, 2.45) is 0 Å². The molecule has 0 aliphatic rings. The van der Waals surface area contributed by atoms with Crippen molar-refractivity contribution < 1.29 is 9.53 Å². The number of esters is 1. The smallest absolute Gasteiger partial charge is 0.338 e. The maximum absolute atomic E-state index is 11.3. The summed E-state index contributed by atoms with van der Waals surface area (Å²) in [4.78, 5) is 11.3. The average Bonchev–Trinajstić information content (AvgIpc) is 2.37. The molecule has 0 N–H and O–H groups in total. The maximum atomic E-state index is 11.3. The van der Waals surface area contributed by atoms with Gasteiger partial charge in [-0.3, -0.25) is 0 Å². The van der Waals surface area contributed by atoms with E-state index in [1.54, 1.807) is 18.2 Å². The number of nitrogens with zero attached hydrogens (tertiary/aromatic N) is 3. The van der Waals surface area contributed by atoms with Gasteiger partial charge in [0.25, 0.3) is 0 Å². The highest BCUT2D eigenvalue weighted by atomic mass is 16.5. The summed E-state index contributed by atoms with van der Waals surface area (Å²) in [6.45, 7) is 4.89. The molecule has 86 valence electrons. The van der Waals surface area contributed by atoms with Crippen LogP contribution in [0.2, 0.25) is 0 Å². The number of ether oxygens (including phenoxy) is 1. The molecule has 18 heavy (non-hydrogen) atoms. The number of benzene rings is 1. The summed E-state index contributed by atoms with van der Waals surface area (Å²) in [6.07, 6.45) is 0. The second-order valence-corrected chi connectivity index (χ2v) is 3.40. The minimum atomic E-state index is -0.660. The van der Waals surface area contributed by atoms with Gasteiger partial charge in [-0.1, -0.05) is 6.58 Å². The lowest BCUT2D eigenvalue weighted by Gasteiger charge is -2.05. The maximum Gasteiger partial charge on any atom is 0.338 e. The highest BCUT2D eigenvalue weighted by Gasteiger charge is 2.13. The van der Waals surface area contributed by atoms with Crippen LogP contribution in [-0.4, -0.2) is 5.97 Å². The molecule has 0 aromatic heterocycles. The van der Waals surface area contributed by atoms with E-state index in [0.717, 1.165) is 0 Å². The second kappa shape index (κ2) is 5.30. The van der Waals surface area contributed by atoms with E-state index < -0.39 is 5.97 Å². The van der Waals surface area contributed by atoms with Crippen molar-refractivity contribution in [2.45, 2.75) is 6.92 Å². The molecule has 0 fully saturated rings. The standard InChI is InChI=1S/C13H7N3O2/c1-8(2)13(17)18-11-3-9(5-14)12(7-16)10(4-11)6-15/h3-4H,1H2,2H3. The Morgan fingerprint density at radius 2 is 1.67 bits per heavy atom. The highest BCUT2D eigenvalue weighted by molar-refractivity contribution is 5.88. The van der Waals surface area contributed by atoms with Gasteiger partial charge < -0.3 is 4.74 Å². The van der Waals surface area contributed by atoms with Crippen molar-refractivity contribution >= 4 is 5.97 Å². The normalized spacial score (nSPS) is 8.56. The monoisotopic (exact) mass is 237 g/mol. The molecule has 0 aliphatic heterocycles. The van der Waals surface area contributed by atoms with E-state index in [4.69, 9.17) is 20.5 Å². The molecule has 0 radical (unpaired) electrons. The molecular weight excluding hydrogens is 230 g/mol.